The lowest BCUT2D eigenvalue weighted by molar-refractivity contribution is -0.137. The second-order valence-electron chi connectivity index (χ2n) is 3.20. The molecule has 14 heavy (non-hydrogen) atoms. The average Bonchev–Trinajstić information content (AvgIpc) is 2.07. The molecular weight excluding hydrogens is 182 g/mol. The zero-order valence-electron chi connectivity index (χ0n) is 8.19. The molecule has 0 fully saturated rings. The molecule has 0 amide bonds. The van der Waals surface area contributed by atoms with E-state index in [2.05, 4.69) is 15.5 Å². The number of nitrogens with zero attached hydrogens (tertiary/aromatic N) is 2. The normalized spacial score (nSPS) is 12.1. The van der Waals surface area contributed by atoms with Gasteiger partial charge in [0, 0.05) is 6.04 Å². The number of hydrogen-bond donors (Lipinski definition) is 2. The van der Waals surface area contributed by atoms with E-state index in [-0.39, 0.29) is 12.5 Å². The molecule has 0 aliphatic rings. The fraction of sp³-hybridized carbons (Fsp3) is 0.444. The van der Waals surface area contributed by atoms with E-state index < -0.39 is 5.97 Å². The van der Waals surface area contributed by atoms with Gasteiger partial charge in [-0.2, -0.15) is 5.10 Å². The molecule has 1 atom stereocenters. The van der Waals surface area contributed by atoms with E-state index in [0.717, 1.165) is 5.69 Å². The van der Waals surface area contributed by atoms with Crippen molar-refractivity contribution in [3.63, 3.8) is 0 Å². The van der Waals surface area contributed by atoms with E-state index in [9.17, 15) is 4.79 Å². The van der Waals surface area contributed by atoms with Crippen molar-refractivity contribution in [2.24, 2.45) is 0 Å². The molecule has 1 rings (SSSR count). The highest BCUT2D eigenvalue weighted by Gasteiger charge is 2.07. The van der Waals surface area contributed by atoms with Crippen LogP contribution >= 0.6 is 0 Å². The topological polar surface area (TPSA) is 75.1 Å². The molecule has 1 heterocycles. The molecule has 0 aliphatic heterocycles. The van der Waals surface area contributed by atoms with E-state index in [0.29, 0.717) is 5.82 Å². The highest BCUT2D eigenvalue weighted by Crippen LogP contribution is 2.04. The van der Waals surface area contributed by atoms with Crippen LogP contribution in [-0.4, -0.2) is 27.3 Å². The molecule has 1 unspecified atom stereocenters. The SMILES string of the molecule is Cc1ccc(NC(C)CC(=O)O)nn1. The van der Waals surface area contributed by atoms with Crippen LogP contribution in [0.15, 0.2) is 12.1 Å². The van der Waals surface area contributed by atoms with E-state index in [1.165, 1.54) is 0 Å². The summed E-state index contributed by atoms with van der Waals surface area (Å²) in [4.78, 5) is 10.4. The highest BCUT2D eigenvalue weighted by molar-refractivity contribution is 5.68. The van der Waals surface area contributed by atoms with Gasteiger partial charge in [-0.3, -0.25) is 4.79 Å². The van der Waals surface area contributed by atoms with Crippen LogP contribution in [0.1, 0.15) is 19.0 Å². The molecular formula is C9H13N3O2. The first-order valence-corrected chi connectivity index (χ1v) is 4.36. The van der Waals surface area contributed by atoms with Gasteiger partial charge in [-0.05, 0) is 26.0 Å². The summed E-state index contributed by atoms with van der Waals surface area (Å²) >= 11 is 0. The monoisotopic (exact) mass is 195 g/mol. The third-order valence-corrected chi connectivity index (χ3v) is 1.67. The van der Waals surface area contributed by atoms with Gasteiger partial charge in [0.2, 0.25) is 0 Å². The third-order valence-electron chi connectivity index (χ3n) is 1.67. The Kier molecular flexibility index (Phi) is 3.39. The summed E-state index contributed by atoms with van der Waals surface area (Å²) in [6.45, 7) is 3.63. The van der Waals surface area contributed by atoms with Crippen LogP contribution in [0.3, 0.4) is 0 Å². The second kappa shape index (κ2) is 4.55. The molecule has 5 heteroatoms. The minimum atomic E-state index is -0.829. The van der Waals surface area contributed by atoms with Gasteiger partial charge in [-0.1, -0.05) is 0 Å². The summed E-state index contributed by atoms with van der Waals surface area (Å²) in [6.07, 6.45) is 0.0650. The number of carboxylic acid groups (broad SMARTS) is 1. The van der Waals surface area contributed by atoms with Crippen LogP contribution in [0.25, 0.3) is 0 Å². The van der Waals surface area contributed by atoms with Gasteiger partial charge in [-0.15, -0.1) is 5.10 Å². The molecule has 0 spiro atoms. The second-order valence-corrected chi connectivity index (χ2v) is 3.20. The molecule has 0 aromatic carbocycles. The summed E-state index contributed by atoms with van der Waals surface area (Å²) in [5.41, 5.74) is 0.835. The summed E-state index contributed by atoms with van der Waals surface area (Å²) in [6, 6.07) is 3.45. The largest absolute Gasteiger partial charge is 0.481 e. The van der Waals surface area contributed by atoms with Crippen molar-refractivity contribution in [2.45, 2.75) is 26.3 Å². The van der Waals surface area contributed by atoms with Crippen molar-refractivity contribution in [2.75, 3.05) is 5.32 Å². The number of nitrogens with one attached hydrogen (secondary N) is 1. The van der Waals surface area contributed by atoms with E-state index in [1.807, 2.05) is 13.0 Å². The van der Waals surface area contributed by atoms with Gasteiger partial charge in [0.25, 0.3) is 0 Å². The quantitative estimate of drug-likeness (QED) is 0.751. The fourth-order valence-electron chi connectivity index (χ4n) is 1.04. The number of aliphatic carboxylic acids is 1. The van der Waals surface area contributed by atoms with E-state index in [4.69, 9.17) is 5.11 Å². The Morgan fingerprint density at radius 2 is 2.29 bits per heavy atom. The van der Waals surface area contributed by atoms with Crippen molar-refractivity contribution in [1.82, 2.24) is 10.2 Å². The molecule has 0 aliphatic carbocycles. The van der Waals surface area contributed by atoms with Gasteiger partial charge in [0.1, 0.15) is 5.82 Å². The van der Waals surface area contributed by atoms with Crippen LogP contribution in [-0.2, 0) is 4.79 Å². The lowest BCUT2D eigenvalue weighted by Gasteiger charge is -2.11. The zero-order chi connectivity index (χ0) is 10.6. The van der Waals surface area contributed by atoms with Crippen LogP contribution < -0.4 is 5.32 Å². The molecule has 76 valence electrons. The third kappa shape index (κ3) is 3.38. The maximum absolute atomic E-state index is 10.4. The summed E-state index contributed by atoms with van der Waals surface area (Å²) in [5.74, 6) is -0.227. The molecule has 0 saturated heterocycles. The van der Waals surface area contributed by atoms with Crippen LogP contribution in [0.2, 0.25) is 0 Å². The molecule has 1 aromatic rings. The minimum Gasteiger partial charge on any atom is -0.481 e. The molecule has 2 N–H and O–H groups in total. The first-order valence-electron chi connectivity index (χ1n) is 4.36. The number of aromatic nitrogens is 2. The molecule has 1 aromatic heterocycles. The van der Waals surface area contributed by atoms with Crippen molar-refractivity contribution in [3.8, 4) is 0 Å². The van der Waals surface area contributed by atoms with Gasteiger partial charge in [0.15, 0.2) is 0 Å². The Bertz CT molecular complexity index is 310. The highest BCUT2D eigenvalue weighted by atomic mass is 16.4. The zero-order valence-corrected chi connectivity index (χ0v) is 8.19. The smallest absolute Gasteiger partial charge is 0.305 e. The van der Waals surface area contributed by atoms with Crippen molar-refractivity contribution in [1.29, 1.82) is 0 Å². The Hall–Kier alpha value is -1.65. The average molecular weight is 195 g/mol. The summed E-state index contributed by atoms with van der Waals surface area (Å²) in [7, 11) is 0. The molecule has 5 nitrogen and oxygen atoms in total. The Morgan fingerprint density at radius 1 is 1.57 bits per heavy atom. The number of hydrogen-bond acceptors (Lipinski definition) is 4. The van der Waals surface area contributed by atoms with Crippen LogP contribution in [0.5, 0.6) is 0 Å². The van der Waals surface area contributed by atoms with Crippen molar-refractivity contribution >= 4 is 11.8 Å². The standard InChI is InChI=1S/C9H13N3O2/c1-6-3-4-8(12-11-6)10-7(2)5-9(13)14/h3-4,7H,5H2,1-2H3,(H,10,12)(H,13,14). The predicted molar refractivity (Wildman–Crippen MR) is 52.1 cm³/mol. The fourth-order valence-corrected chi connectivity index (χ4v) is 1.04. The van der Waals surface area contributed by atoms with Crippen LogP contribution in [0.4, 0.5) is 5.82 Å². The number of carbonyl (C=O) groups is 1. The maximum Gasteiger partial charge on any atom is 0.305 e. The van der Waals surface area contributed by atoms with Crippen molar-refractivity contribution < 1.29 is 9.90 Å². The Balaban J connectivity index is 2.51. The Morgan fingerprint density at radius 3 is 2.79 bits per heavy atom. The number of anilines is 1. The molecule has 0 bridgehead atoms. The maximum atomic E-state index is 10.4. The Labute approximate surface area is 82.2 Å². The first-order chi connectivity index (χ1) is 6.58. The van der Waals surface area contributed by atoms with E-state index >= 15 is 0 Å². The summed E-state index contributed by atoms with van der Waals surface area (Å²) in [5, 5.41) is 19.2. The number of aryl methyl sites for hydroxylation is 1. The van der Waals surface area contributed by atoms with E-state index in [1.54, 1.807) is 13.0 Å². The first kappa shape index (κ1) is 10.4. The summed E-state index contributed by atoms with van der Waals surface area (Å²) < 4.78 is 0. The number of rotatable bonds is 4. The van der Waals surface area contributed by atoms with Crippen molar-refractivity contribution in [3.05, 3.63) is 17.8 Å². The van der Waals surface area contributed by atoms with Gasteiger partial charge in [-0.25, -0.2) is 0 Å². The minimum absolute atomic E-state index is 0.0650. The predicted octanol–water partition coefficient (Wildman–Crippen LogP) is 1.06. The van der Waals surface area contributed by atoms with Gasteiger partial charge >= 0.3 is 5.97 Å². The van der Waals surface area contributed by atoms with Crippen LogP contribution in [0, 0.1) is 6.92 Å². The lowest BCUT2D eigenvalue weighted by Crippen LogP contribution is -2.20. The molecule has 0 radical (unpaired) electrons. The molecule has 0 saturated carbocycles. The lowest BCUT2D eigenvalue weighted by atomic mass is 10.2. The van der Waals surface area contributed by atoms with Gasteiger partial charge < -0.3 is 10.4 Å². The number of carboxylic acids is 1. The van der Waals surface area contributed by atoms with Gasteiger partial charge in [0.05, 0.1) is 12.1 Å².